The first-order valence-electron chi connectivity index (χ1n) is 19.1. The summed E-state index contributed by atoms with van der Waals surface area (Å²) in [6, 6.07) is 3.25. The number of carbonyl (C=O) groups is 6. The Morgan fingerprint density at radius 1 is 0.516 bits per heavy atom. The van der Waals surface area contributed by atoms with Crippen LogP contribution in [0.4, 0.5) is 0 Å². The number of phenolic OH excluding ortho intramolecular Hbond substituents is 6. The molecule has 0 saturated heterocycles. The molecule has 4 amide bonds. The molecule has 0 radical (unpaired) electrons. The molecular weight excluding hydrogens is 812 g/mol. The highest BCUT2D eigenvalue weighted by Gasteiger charge is 2.29. The highest BCUT2D eigenvalue weighted by molar-refractivity contribution is 6.15. The number of aromatic hydroxyl groups is 6. The van der Waals surface area contributed by atoms with E-state index in [-0.39, 0.29) is 44.2 Å². The molecule has 0 heterocycles. The van der Waals surface area contributed by atoms with Crippen molar-refractivity contribution >= 4 is 69.5 Å². The van der Waals surface area contributed by atoms with Gasteiger partial charge >= 0.3 is 11.9 Å². The van der Waals surface area contributed by atoms with Gasteiger partial charge in [0.15, 0.2) is 23.0 Å². The highest BCUT2D eigenvalue weighted by Crippen LogP contribution is 2.54. The van der Waals surface area contributed by atoms with Gasteiger partial charge in [0.05, 0.1) is 13.1 Å². The fourth-order valence-electron chi connectivity index (χ4n) is 7.01. The molecule has 0 spiro atoms. The molecule has 12 N–H and O–H groups in total. The summed E-state index contributed by atoms with van der Waals surface area (Å²) < 4.78 is 0. The van der Waals surface area contributed by atoms with Gasteiger partial charge in [0.1, 0.15) is 37.7 Å². The van der Waals surface area contributed by atoms with Gasteiger partial charge in [0.2, 0.25) is 23.6 Å². The zero-order chi connectivity index (χ0) is 46.3. The summed E-state index contributed by atoms with van der Waals surface area (Å²) >= 11 is 0. The van der Waals surface area contributed by atoms with Crippen molar-refractivity contribution in [1.29, 1.82) is 0 Å². The van der Waals surface area contributed by atoms with Crippen LogP contribution < -0.4 is 21.3 Å². The van der Waals surface area contributed by atoms with Crippen LogP contribution in [0.1, 0.15) is 72.9 Å². The Bertz CT molecular complexity index is 2390. The van der Waals surface area contributed by atoms with Crippen molar-refractivity contribution in [2.24, 2.45) is 9.98 Å². The molecule has 0 aromatic heterocycles. The fourth-order valence-corrected chi connectivity index (χ4v) is 7.01. The Hall–Kier alpha value is -7.64. The fraction of sp³-hybridized carbons (Fsp3) is 0.333. The van der Waals surface area contributed by atoms with E-state index in [4.69, 9.17) is 10.2 Å². The van der Waals surface area contributed by atoms with E-state index in [2.05, 4.69) is 31.3 Å². The molecule has 20 heteroatoms. The maximum Gasteiger partial charge on any atom is 0.322 e. The zero-order valence-corrected chi connectivity index (χ0v) is 34.6. The van der Waals surface area contributed by atoms with Gasteiger partial charge in [-0.25, -0.2) is 0 Å². The average molecular weight is 861 g/mol. The summed E-state index contributed by atoms with van der Waals surface area (Å²) in [7, 11) is 0. The Balaban J connectivity index is 1.90. The second kappa shape index (κ2) is 19.6. The van der Waals surface area contributed by atoms with Crippen LogP contribution in [0.3, 0.4) is 0 Å². The number of aliphatic imine (C=N–C) groups is 2. The standard InChI is InChI=1S/C42H48N6O14/c1-17(2)31-21-7-19(5)33(39(59)35(21)23(37(57)41(31)61)9-43-11-25(49)45-13-27(51)47-15-29(53)54)34-20(6)8-22-32(18(3)4)42(62)38(58)24(36(22)40(34)60)10-44-12-26(50)46-14-28(52)48-16-30(55)56/h7-10,17-18,57-62H,11-16H2,1-6H3,(H,45,49)(H,46,50)(H,47,51)(H,48,52)(H,53,54)(H,55,56). The predicted molar refractivity (Wildman–Crippen MR) is 227 cm³/mol. The van der Waals surface area contributed by atoms with Crippen LogP contribution in [-0.2, 0) is 28.8 Å². The van der Waals surface area contributed by atoms with E-state index in [0.717, 1.165) is 12.4 Å². The van der Waals surface area contributed by atoms with Crippen molar-refractivity contribution < 1.29 is 69.6 Å². The maximum absolute atomic E-state index is 12.5. The van der Waals surface area contributed by atoms with E-state index in [1.54, 1.807) is 53.7 Å². The number of rotatable bonds is 17. The summed E-state index contributed by atoms with van der Waals surface area (Å²) in [5.41, 5.74) is 0.974. The minimum absolute atomic E-state index is 0.0263. The number of nitrogens with one attached hydrogen (secondary N) is 4. The summed E-state index contributed by atoms with van der Waals surface area (Å²) in [6.07, 6.45) is 2.08. The van der Waals surface area contributed by atoms with Gasteiger partial charge in [0.25, 0.3) is 0 Å². The van der Waals surface area contributed by atoms with Crippen molar-refractivity contribution in [2.45, 2.75) is 53.4 Å². The third-order valence-corrected chi connectivity index (χ3v) is 9.67. The number of fused-ring (bicyclic) bond motifs is 2. The third kappa shape index (κ3) is 10.2. The molecule has 0 atom stereocenters. The molecule has 0 unspecified atom stereocenters. The summed E-state index contributed by atoms with van der Waals surface area (Å²) in [5, 5.41) is 96.3. The van der Waals surface area contributed by atoms with Crippen LogP contribution in [0, 0.1) is 13.8 Å². The third-order valence-electron chi connectivity index (χ3n) is 9.67. The minimum atomic E-state index is -1.28. The highest BCUT2D eigenvalue weighted by atomic mass is 16.4. The van der Waals surface area contributed by atoms with E-state index in [9.17, 15) is 59.4 Å². The summed E-state index contributed by atoms with van der Waals surface area (Å²) in [4.78, 5) is 78.2. The number of hydrogen-bond donors (Lipinski definition) is 12. The number of carboxylic acids is 2. The van der Waals surface area contributed by atoms with Crippen LogP contribution >= 0.6 is 0 Å². The molecule has 0 aliphatic carbocycles. The van der Waals surface area contributed by atoms with Gasteiger partial charge in [-0.15, -0.1) is 0 Å². The lowest BCUT2D eigenvalue weighted by molar-refractivity contribution is -0.138. The normalized spacial score (nSPS) is 11.5. The van der Waals surface area contributed by atoms with E-state index in [1.165, 1.54) is 0 Å². The van der Waals surface area contributed by atoms with Crippen molar-refractivity contribution in [3.63, 3.8) is 0 Å². The SMILES string of the molecule is Cc1cc2c(C(C)C)c(O)c(O)c(C=NCC(=O)NCC(=O)NCC(=O)O)c2c(O)c1-c1c(C)cc2c(C(C)C)c(O)c(O)c(C=NCC(=O)NCC(=O)NCC(=O)O)c2c1O. The van der Waals surface area contributed by atoms with Gasteiger partial charge in [-0.1, -0.05) is 39.8 Å². The molecule has 0 bridgehead atoms. The second-order valence-electron chi connectivity index (χ2n) is 14.9. The number of aryl methyl sites for hydroxylation is 2. The summed E-state index contributed by atoms with van der Waals surface area (Å²) in [6.45, 7) is 6.68. The van der Waals surface area contributed by atoms with E-state index in [1.807, 2.05) is 0 Å². The van der Waals surface area contributed by atoms with Gasteiger partial charge in [-0.3, -0.25) is 38.8 Å². The van der Waals surface area contributed by atoms with Gasteiger partial charge in [0, 0.05) is 56.6 Å². The average Bonchev–Trinajstić information content (AvgIpc) is 3.18. The quantitative estimate of drug-likeness (QED) is 0.0535. The first kappa shape index (κ1) is 47.0. The Labute approximate surface area is 353 Å². The number of benzene rings is 4. The number of amides is 4. The van der Waals surface area contributed by atoms with Crippen molar-refractivity contribution in [1.82, 2.24) is 21.3 Å². The van der Waals surface area contributed by atoms with Crippen LogP contribution in [0.5, 0.6) is 34.5 Å². The maximum atomic E-state index is 12.5. The zero-order valence-electron chi connectivity index (χ0n) is 34.6. The monoisotopic (exact) mass is 860 g/mol. The first-order valence-corrected chi connectivity index (χ1v) is 19.1. The summed E-state index contributed by atoms with van der Waals surface area (Å²) in [5.74, 6) is -9.79. The number of aliphatic carboxylic acids is 2. The molecule has 0 aliphatic heterocycles. The lowest BCUT2D eigenvalue weighted by atomic mass is 9.83. The largest absolute Gasteiger partial charge is 0.507 e. The lowest BCUT2D eigenvalue weighted by Crippen LogP contribution is -2.39. The van der Waals surface area contributed by atoms with Gasteiger partial charge in [-0.2, -0.15) is 0 Å². The van der Waals surface area contributed by atoms with Crippen molar-refractivity contribution in [2.75, 3.05) is 39.3 Å². The minimum Gasteiger partial charge on any atom is -0.507 e. The van der Waals surface area contributed by atoms with Crippen LogP contribution in [-0.4, -0.2) is 128 Å². The predicted octanol–water partition coefficient (Wildman–Crippen LogP) is 2.23. The van der Waals surface area contributed by atoms with Crippen molar-refractivity contribution in [3.05, 3.63) is 45.5 Å². The molecule has 4 rings (SSSR count). The Morgan fingerprint density at radius 2 is 0.839 bits per heavy atom. The van der Waals surface area contributed by atoms with E-state index >= 15 is 0 Å². The van der Waals surface area contributed by atoms with E-state index in [0.29, 0.717) is 21.9 Å². The molecule has 0 fully saturated rings. The smallest absolute Gasteiger partial charge is 0.322 e. The molecule has 4 aromatic carbocycles. The van der Waals surface area contributed by atoms with Crippen LogP contribution in [0.2, 0.25) is 0 Å². The molecule has 20 nitrogen and oxygen atoms in total. The Kier molecular flexibility index (Phi) is 14.9. The number of phenols is 6. The number of carbonyl (C=O) groups excluding carboxylic acids is 4. The second-order valence-corrected chi connectivity index (χ2v) is 14.9. The number of nitrogens with zero attached hydrogens (tertiary/aromatic N) is 2. The lowest BCUT2D eigenvalue weighted by Gasteiger charge is -2.23. The molecule has 0 saturated carbocycles. The van der Waals surface area contributed by atoms with Crippen LogP contribution in [0.25, 0.3) is 32.7 Å². The molecule has 62 heavy (non-hydrogen) atoms. The molecule has 330 valence electrons. The molecular formula is C42H48N6O14. The van der Waals surface area contributed by atoms with Crippen LogP contribution in [0.15, 0.2) is 22.1 Å². The van der Waals surface area contributed by atoms with Gasteiger partial charge < -0.3 is 62.1 Å². The first-order chi connectivity index (χ1) is 29.1. The number of hydrogen-bond acceptors (Lipinski definition) is 14. The topological polar surface area (TPSA) is 337 Å². The van der Waals surface area contributed by atoms with Crippen molar-refractivity contribution in [3.8, 4) is 45.6 Å². The Morgan fingerprint density at radius 3 is 1.15 bits per heavy atom. The van der Waals surface area contributed by atoms with E-state index < -0.39 is 121 Å². The molecule has 4 aromatic rings. The molecule has 0 aliphatic rings. The number of carboxylic acid groups (broad SMARTS) is 2. The van der Waals surface area contributed by atoms with Gasteiger partial charge in [-0.05, 0) is 47.6 Å².